The van der Waals surface area contributed by atoms with Gasteiger partial charge in [-0.05, 0) is 36.6 Å². The molecule has 1 aromatic carbocycles. The molecule has 0 bridgehead atoms. The molecular weight excluding hydrogens is 539 g/mol. The Kier molecular flexibility index (Phi) is 10.8. The Hall–Kier alpha value is -1.15. The van der Waals surface area contributed by atoms with Crippen LogP contribution in [0.25, 0.3) is 0 Å². The van der Waals surface area contributed by atoms with Crippen LogP contribution in [0.2, 0.25) is 0 Å². The highest BCUT2D eigenvalue weighted by molar-refractivity contribution is 14.1. The lowest BCUT2D eigenvalue weighted by molar-refractivity contribution is -0.0435. The number of carbonyl (C=O) groups excluding carboxylic acids is 1. The highest BCUT2D eigenvalue weighted by Gasteiger charge is 2.26. The van der Waals surface area contributed by atoms with Crippen LogP contribution >= 0.6 is 22.6 Å². The quantitative estimate of drug-likeness (QED) is 0.262. The van der Waals surface area contributed by atoms with E-state index in [1.807, 2.05) is 13.8 Å². The first-order chi connectivity index (χ1) is 14.7. The largest absolute Gasteiger partial charge is 0.497 e. The molecule has 1 aliphatic heterocycles. The van der Waals surface area contributed by atoms with Gasteiger partial charge in [-0.1, -0.05) is 36.4 Å². The number of nitrogens with zero attached hydrogens (tertiary/aromatic N) is 1. The molecule has 2 rings (SSSR count). The van der Waals surface area contributed by atoms with E-state index in [9.17, 15) is 13.2 Å². The zero-order chi connectivity index (χ0) is 22.9. The van der Waals surface area contributed by atoms with Crippen molar-refractivity contribution in [1.82, 2.24) is 9.62 Å². The SMILES string of the molecule is COc1ccc(S(=O)(=O)N(CCC(I)NC(=O)O[C@@H]2CCOCOC2)CC(C)C)cc1. The topological polar surface area (TPSA) is 103 Å². The number of nitrogens with one attached hydrogen (secondary N) is 1. The first-order valence-electron chi connectivity index (χ1n) is 10.1. The number of rotatable bonds is 10. The highest BCUT2D eigenvalue weighted by Crippen LogP contribution is 2.21. The summed E-state index contributed by atoms with van der Waals surface area (Å²) in [4.78, 5) is 12.4. The number of ether oxygens (including phenoxy) is 4. The lowest BCUT2D eigenvalue weighted by Gasteiger charge is -2.25. The minimum atomic E-state index is -3.67. The Morgan fingerprint density at radius 2 is 2.00 bits per heavy atom. The molecule has 9 nitrogen and oxygen atoms in total. The normalized spacial score (nSPS) is 18.5. The van der Waals surface area contributed by atoms with Crippen LogP contribution in [0.15, 0.2) is 29.2 Å². The van der Waals surface area contributed by atoms with Gasteiger partial charge in [0.2, 0.25) is 10.0 Å². The summed E-state index contributed by atoms with van der Waals surface area (Å²) in [5.74, 6) is 0.742. The summed E-state index contributed by atoms with van der Waals surface area (Å²) in [5, 5.41) is 2.75. The minimum absolute atomic E-state index is 0.149. The summed E-state index contributed by atoms with van der Waals surface area (Å²) in [6.45, 7) is 5.53. The number of sulfonamides is 1. The first kappa shape index (κ1) is 26.1. The second kappa shape index (κ2) is 12.8. The summed E-state index contributed by atoms with van der Waals surface area (Å²) < 4.78 is 48.3. The summed E-state index contributed by atoms with van der Waals surface area (Å²) in [6, 6.07) is 6.33. The van der Waals surface area contributed by atoms with E-state index in [1.54, 1.807) is 12.1 Å². The molecule has 1 fully saturated rings. The number of hydrogen-bond donors (Lipinski definition) is 1. The lowest BCUT2D eigenvalue weighted by Crippen LogP contribution is -2.40. The van der Waals surface area contributed by atoms with Gasteiger partial charge in [0.25, 0.3) is 0 Å². The molecule has 1 amide bonds. The number of benzene rings is 1. The molecule has 0 aliphatic carbocycles. The van der Waals surface area contributed by atoms with Crippen LogP contribution in [0.4, 0.5) is 4.79 Å². The molecule has 11 heteroatoms. The van der Waals surface area contributed by atoms with Crippen molar-refractivity contribution in [2.75, 3.05) is 40.2 Å². The molecule has 1 aliphatic rings. The van der Waals surface area contributed by atoms with Crippen molar-refractivity contribution in [3.63, 3.8) is 0 Å². The molecule has 0 aromatic heterocycles. The number of methoxy groups -OCH3 is 1. The standard InChI is InChI=1S/C20H31IN2O7S/c1-15(2)12-23(31(25,26)18-6-4-16(27-3)5-7-18)10-8-19(21)22-20(24)30-17-9-11-28-14-29-13-17/h4-7,15,17,19H,8-14H2,1-3H3,(H,22,24)/t17-,19?/m1/s1. The fraction of sp³-hybridized carbons (Fsp3) is 0.650. The van der Waals surface area contributed by atoms with E-state index in [2.05, 4.69) is 27.9 Å². The number of alkyl halides is 1. The molecule has 0 saturated carbocycles. The lowest BCUT2D eigenvalue weighted by atomic mass is 10.2. The van der Waals surface area contributed by atoms with Crippen LogP contribution in [-0.2, 0) is 24.2 Å². The average Bonchev–Trinajstić information content (AvgIpc) is 2.99. The van der Waals surface area contributed by atoms with Crippen molar-refractivity contribution in [3.05, 3.63) is 24.3 Å². The first-order valence-corrected chi connectivity index (χ1v) is 12.8. The molecule has 1 N–H and O–H groups in total. The van der Waals surface area contributed by atoms with Crippen molar-refractivity contribution in [2.24, 2.45) is 5.92 Å². The van der Waals surface area contributed by atoms with Gasteiger partial charge in [0.1, 0.15) is 18.6 Å². The number of hydrogen-bond acceptors (Lipinski definition) is 7. The summed E-state index contributed by atoms with van der Waals surface area (Å²) in [5.41, 5.74) is 0. The summed E-state index contributed by atoms with van der Waals surface area (Å²) in [6.07, 6.45) is 0.0891. The molecule has 176 valence electrons. The minimum Gasteiger partial charge on any atom is -0.497 e. The monoisotopic (exact) mass is 570 g/mol. The predicted molar refractivity (Wildman–Crippen MR) is 124 cm³/mol. The van der Waals surface area contributed by atoms with E-state index in [4.69, 9.17) is 18.9 Å². The van der Waals surface area contributed by atoms with Crippen molar-refractivity contribution in [2.45, 2.75) is 41.7 Å². The Balaban J connectivity index is 1.94. The molecule has 1 saturated heterocycles. The summed E-state index contributed by atoms with van der Waals surface area (Å²) >= 11 is 2.07. The zero-order valence-electron chi connectivity index (χ0n) is 18.1. The predicted octanol–water partition coefficient (Wildman–Crippen LogP) is 2.98. The molecule has 0 radical (unpaired) electrons. The molecule has 1 aromatic rings. The molecule has 31 heavy (non-hydrogen) atoms. The van der Waals surface area contributed by atoms with E-state index < -0.39 is 16.1 Å². The Bertz CT molecular complexity index is 781. The Morgan fingerprint density at radius 1 is 1.29 bits per heavy atom. The van der Waals surface area contributed by atoms with Gasteiger partial charge in [-0.2, -0.15) is 4.31 Å². The van der Waals surface area contributed by atoms with Gasteiger partial charge in [0.05, 0.1) is 29.3 Å². The number of carbonyl (C=O) groups is 1. The van der Waals surface area contributed by atoms with Gasteiger partial charge < -0.3 is 24.3 Å². The molecule has 0 spiro atoms. The third-order valence-electron chi connectivity index (χ3n) is 4.50. The molecule has 2 atom stereocenters. The van der Waals surface area contributed by atoms with Crippen LogP contribution in [0, 0.1) is 5.92 Å². The third-order valence-corrected chi connectivity index (χ3v) is 7.31. The zero-order valence-corrected chi connectivity index (χ0v) is 21.1. The maximum absolute atomic E-state index is 13.1. The van der Waals surface area contributed by atoms with E-state index in [1.165, 1.54) is 23.5 Å². The van der Waals surface area contributed by atoms with Crippen LogP contribution in [-0.4, -0.2) is 69.2 Å². The van der Waals surface area contributed by atoms with Gasteiger partial charge in [-0.25, -0.2) is 13.2 Å². The Labute approximate surface area is 197 Å². The second-order valence-electron chi connectivity index (χ2n) is 7.55. The van der Waals surface area contributed by atoms with Crippen molar-refractivity contribution >= 4 is 38.7 Å². The van der Waals surface area contributed by atoms with E-state index in [0.717, 1.165) is 0 Å². The van der Waals surface area contributed by atoms with Gasteiger partial charge in [-0.15, -0.1) is 0 Å². The Morgan fingerprint density at radius 3 is 2.65 bits per heavy atom. The van der Waals surface area contributed by atoms with Crippen LogP contribution in [0.5, 0.6) is 5.75 Å². The average molecular weight is 570 g/mol. The van der Waals surface area contributed by atoms with Gasteiger partial charge in [0, 0.05) is 19.5 Å². The van der Waals surface area contributed by atoms with Crippen LogP contribution in [0.3, 0.4) is 0 Å². The highest BCUT2D eigenvalue weighted by atomic mass is 127. The molecular formula is C20H31IN2O7S. The fourth-order valence-corrected chi connectivity index (χ4v) is 5.10. The van der Waals surface area contributed by atoms with E-state index >= 15 is 0 Å². The van der Waals surface area contributed by atoms with Crippen LogP contribution < -0.4 is 10.1 Å². The van der Waals surface area contributed by atoms with E-state index in [0.29, 0.717) is 38.3 Å². The summed E-state index contributed by atoms with van der Waals surface area (Å²) in [7, 11) is -2.14. The fourth-order valence-electron chi connectivity index (χ4n) is 2.94. The van der Waals surface area contributed by atoms with Crippen LogP contribution in [0.1, 0.15) is 26.7 Å². The number of amides is 1. The van der Waals surface area contributed by atoms with Gasteiger partial charge in [-0.3, -0.25) is 0 Å². The maximum atomic E-state index is 13.1. The van der Waals surface area contributed by atoms with Crippen molar-refractivity contribution in [3.8, 4) is 5.75 Å². The van der Waals surface area contributed by atoms with Gasteiger partial charge >= 0.3 is 6.09 Å². The number of halogens is 1. The number of alkyl carbamates (subject to hydrolysis) is 1. The van der Waals surface area contributed by atoms with E-state index in [-0.39, 0.29) is 34.3 Å². The second-order valence-corrected chi connectivity index (χ2v) is 11.0. The van der Waals surface area contributed by atoms with Crippen molar-refractivity contribution < 1.29 is 32.2 Å². The third kappa shape index (κ3) is 8.72. The molecule has 1 unspecified atom stereocenters. The van der Waals surface area contributed by atoms with Crippen molar-refractivity contribution in [1.29, 1.82) is 0 Å². The van der Waals surface area contributed by atoms with Gasteiger partial charge in [0.15, 0.2) is 0 Å². The maximum Gasteiger partial charge on any atom is 0.408 e. The smallest absolute Gasteiger partial charge is 0.408 e. The molecule has 1 heterocycles.